The molecule has 3 rings (SSSR count). The van der Waals surface area contributed by atoms with Gasteiger partial charge in [0, 0.05) is 18.5 Å². The first-order valence-electron chi connectivity index (χ1n) is 8.08. The third kappa shape index (κ3) is 4.78. The largest absolute Gasteiger partial charge is 0.493 e. The standard InChI is InChI=1S/C19H13F4N3O3/c1-28-16-8-12(20)4-5-15(16)29-18-14(7-11(9-25-18)19(21,22)23)17(27)26-13-3-2-6-24-10-13/h2-10H,1H3,(H,26,27). The summed E-state index contributed by atoms with van der Waals surface area (Å²) in [6.07, 6.45) is -1.39. The van der Waals surface area contributed by atoms with Crippen molar-refractivity contribution in [3.05, 3.63) is 71.9 Å². The Morgan fingerprint density at radius 1 is 1.10 bits per heavy atom. The summed E-state index contributed by atoms with van der Waals surface area (Å²) in [7, 11) is 1.26. The number of hydrogen-bond acceptors (Lipinski definition) is 5. The summed E-state index contributed by atoms with van der Waals surface area (Å²) in [4.78, 5) is 20.0. The van der Waals surface area contributed by atoms with E-state index in [1.807, 2.05) is 0 Å². The summed E-state index contributed by atoms with van der Waals surface area (Å²) in [5.41, 5.74) is -1.34. The summed E-state index contributed by atoms with van der Waals surface area (Å²) < 4.78 is 63.1. The molecule has 1 amide bonds. The summed E-state index contributed by atoms with van der Waals surface area (Å²) in [5, 5.41) is 2.42. The monoisotopic (exact) mass is 407 g/mol. The lowest BCUT2D eigenvalue weighted by Crippen LogP contribution is -2.16. The Balaban J connectivity index is 2.01. The summed E-state index contributed by atoms with van der Waals surface area (Å²) >= 11 is 0. The molecule has 0 radical (unpaired) electrons. The number of nitrogens with zero attached hydrogens (tertiary/aromatic N) is 2. The molecule has 2 heterocycles. The molecule has 0 aliphatic rings. The van der Waals surface area contributed by atoms with Crippen LogP contribution in [0.25, 0.3) is 0 Å². The van der Waals surface area contributed by atoms with E-state index in [1.165, 1.54) is 31.6 Å². The van der Waals surface area contributed by atoms with Crippen LogP contribution in [0, 0.1) is 5.82 Å². The van der Waals surface area contributed by atoms with Crippen molar-refractivity contribution in [3.8, 4) is 17.4 Å². The maximum atomic E-state index is 13.4. The molecular weight excluding hydrogens is 394 g/mol. The molecule has 0 spiro atoms. The number of hydrogen-bond donors (Lipinski definition) is 1. The highest BCUT2D eigenvalue weighted by atomic mass is 19.4. The third-order valence-corrected chi connectivity index (χ3v) is 3.67. The lowest BCUT2D eigenvalue weighted by Gasteiger charge is -2.15. The summed E-state index contributed by atoms with van der Waals surface area (Å²) in [6, 6.07) is 6.96. The van der Waals surface area contributed by atoms with Gasteiger partial charge in [0.05, 0.1) is 24.6 Å². The number of aromatic nitrogens is 2. The van der Waals surface area contributed by atoms with Crippen LogP contribution in [-0.4, -0.2) is 23.0 Å². The zero-order valence-corrected chi connectivity index (χ0v) is 14.8. The van der Waals surface area contributed by atoms with E-state index in [0.717, 1.165) is 12.1 Å². The third-order valence-electron chi connectivity index (χ3n) is 3.67. The van der Waals surface area contributed by atoms with Crippen LogP contribution in [0.1, 0.15) is 15.9 Å². The molecule has 0 atom stereocenters. The maximum Gasteiger partial charge on any atom is 0.417 e. The normalized spacial score (nSPS) is 11.1. The smallest absolute Gasteiger partial charge is 0.417 e. The van der Waals surface area contributed by atoms with E-state index in [1.54, 1.807) is 6.07 Å². The molecule has 1 aromatic carbocycles. The molecule has 3 aromatic rings. The number of anilines is 1. The lowest BCUT2D eigenvalue weighted by molar-refractivity contribution is -0.137. The van der Waals surface area contributed by atoms with Gasteiger partial charge in [-0.3, -0.25) is 9.78 Å². The zero-order valence-electron chi connectivity index (χ0n) is 14.8. The second-order valence-electron chi connectivity index (χ2n) is 5.67. The molecule has 0 saturated heterocycles. The van der Waals surface area contributed by atoms with Gasteiger partial charge in [-0.25, -0.2) is 9.37 Å². The molecular formula is C19H13F4N3O3. The fraction of sp³-hybridized carbons (Fsp3) is 0.105. The van der Waals surface area contributed by atoms with Crippen molar-refractivity contribution in [2.75, 3.05) is 12.4 Å². The average Bonchev–Trinajstić information content (AvgIpc) is 2.69. The molecule has 0 saturated carbocycles. The lowest BCUT2D eigenvalue weighted by atomic mass is 10.1. The van der Waals surface area contributed by atoms with Crippen molar-refractivity contribution in [3.63, 3.8) is 0 Å². The highest BCUT2D eigenvalue weighted by Gasteiger charge is 2.33. The SMILES string of the molecule is COc1cc(F)ccc1Oc1ncc(C(F)(F)F)cc1C(=O)Nc1cccnc1. The molecule has 0 aliphatic carbocycles. The van der Waals surface area contributed by atoms with E-state index < -0.39 is 34.9 Å². The maximum absolute atomic E-state index is 13.4. The molecule has 10 heteroatoms. The summed E-state index contributed by atoms with van der Waals surface area (Å²) in [5.74, 6) is -1.97. The average molecular weight is 407 g/mol. The molecule has 0 aliphatic heterocycles. The molecule has 29 heavy (non-hydrogen) atoms. The molecule has 1 N–H and O–H groups in total. The van der Waals surface area contributed by atoms with Crippen LogP contribution in [0.4, 0.5) is 23.2 Å². The Kier molecular flexibility index (Phi) is 5.62. The molecule has 150 valence electrons. The number of benzene rings is 1. The quantitative estimate of drug-likeness (QED) is 0.622. The number of alkyl halides is 3. The highest BCUT2D eigenvalue weighted by Crippen LogP contribution is 2.35. The van der Waals surface area contributed by atoms with Crippen LogP contribution in [0.5, 0.6) is 17.4 Å². The van der Waals surface area contributed by atoms with E-state index in [4.69, 9.17) is 9.47 Å². The van der Waals surface area contributed by atoms with Crippen LogP contribution in [0.2, 0.25) is 0 Å². The van der Waals surface area contributed by atoms with E-state index >= 15 is 0 Å². The predicted molar refractivity (Wildman–Crippen MR) is 94.5 cm³/mol. The van der Waals surface area contributed by atoms with Crippen molar-refractivity contribution in [1.82, 2.24) is 9.97 Å². The highest BCUT2D eigenvalue weighted by molar-refractivity contribution is 6.05. The van der Waals surface area contributed by atoms with Crippen molar-refractivity contribution < 1.29 is 31.8 Å². The van der Waals surface area contributed by atoms with Crippen molar-refractivity contribution >= 4 is 11.6 Å². The van der Waals surface area contributed by atoms with E-state index in [-0.39, 0.29) is 17.2 Å². The van der Waals surface area contributed by atoms with Crippen molar-refractivity contribution in [2.24, 2.45) is 0 Å². The van der Waals surface area contributed by atoms with Gasteiger partial charge in [0.15, 0.2) is 11.5 Å². The van der Waals surface area contributed by atoms with E-state index in [0.29, 0.717) is 12.3 Å². The number of carbonyl (C=O) groups excluding carboxylic acids is 1. The van der Waals surface area contributed by atoms with Gasteiger partial charge in [-0.15, -0.1) is 0 Å². The number of methoxy groups -OCH3 is 1. The Morgan fingerprint density at radius 3 is 2.55 bits per heavy atom. The first-order chi connectivity index (χ1) is 13.8. The number of pyridine rings is 2. The van der Waals surface area contributed by atoms with Gasteiger partial charge in [0.2, 0.25) is 5.88 Å². The van der Waals surface area contributed by atoms with Crippen LogP contribution >= 0.6 is 0 Å². The Labute approximate surface area is 162 Å². The second kappa shape index (κ2) is 8.13. The predicted octanol–water partition coefficient (Wildman–Crippen LogP) is 4.69. The first kappa shape index (κ1) is 20.1. The van der Waals surface area contributed by atoms with E-state index in [9.17, 15) is 22.4 Å². The first-order valence-corrected chi connectivity index (χ1v) is 8.08. The number of ether oxygens (including phenoxy) is 2. The number of amides is 1. The fourth-order valence-corrected chi connectivity index (χ4v) is 2.32. The molecule has 6 nitrogen and oxygen atoms in total. The molecule has 0 fully saturated rings. The van der Waals surface area contributed by atoms with Crippen LogP contribution < -0.4 is 14.8 Å². The topological polar surface area (TPSA) is 73.3 Å². The Hall–Kier alpha value is -3.69. The van der Waals surface area contributed by atoms with Crippen LogP contribution in [-0.2, 0) is 6.18 Å². The van der Waals surface area contributed by atoms with Crippen molar-refractivity contribution in [2.45, 2.75) is 6.18 Å². The van der Waals surface area contributed by atoms with Gasteiger partial charge in [-0.05, 0) is 30.3 Å². The minimum absolute atomic E-state index is 0.0229. The summed E-state index contributed by atoms with van der Waals surface area (Å²) in [6.45, 7) is 0. The number of rotatable bonds is 5. The minimum Gasteiger partial charge on any atom is -0.493 e. The molecule has 0 unspecified atom stereocenters. The van der Waals surface area contributed by atoms with Gasteiger partial charge >= 0.3 is 6.18 Å². The van der Waals surface area contributed by atoms with Crippen LogP contribution in [0.15, 0.2) is 55.0 Å². The fourth-order valence-electron chi connectivity index (χ4n) is 2.32. The Morgan fingerprint density at radius 2 is 1.90 bits per heavy atom. The van der Waals surface area contributed by atoms with Gasteiger partial charge in [-0.1, -0.05) is 0 Å². The van der Waals surface area contributed by atoms with Gasteiger partial charge in [0.1, 0.15) is 11.4 Å². The second-order valence-corrected chi connectivity index (χ2v) is 5.67. The van der Waals surface area contributed by atoms with Gasteiger partial charge in [-0.2, -0.15) is 13.2 Å². The molecule has 2 aromatic heterocycles. The number of halogens is 4. The Bertz CT molecular complexity index is 1030. The number of carbonyl (C=O) groups is 1. The molecule has 0 bridgehead atoms. The van der Waals surface area contributed by atoms with E-state index in [2.05, 4.69) is 15.3 Å². The number of nitrogens with one attached hydrogen (secondary N) is 1. The van der Waals surface area contributed by atoms with Crippen LogP contribution in [0.3, 0.4) is 0 Å². The minimum atomic E-state index is -4.72. The van der Waals surface area contributed by atoms with Gasteiger partial charge in [0.25, 0.3) is 5.91 Å². The van der Waals surface area contributed by atoms with Gasteiger partial charge < -0.3 is 14.8 Å². The zero-order chi connectivity index (χ0) is 21.0. The van der Waals surface area contributed by atoms with Crippen molar-refractivity contribution in [1.29, 1.82) is 0 Å².